The summed E-state index contributed by atoms with van der Waals surface area (Å²) in [7, 11) is 1.36. The number of carbonyl (C=O) groups is 2. The molecule has 3 N–H and O–H groups in total. The van der Waals surface area contributed by atoms with Crippen LogP contribution < -0.4 is 15.5 Å². The number of aromatic nitrogens is 1. The SMILES string of the molecule is COc1ccnc(C(=O)N[C@@H](C)C(=O)NN=C(c2ccccc2)c2ccccc2)c1O. The van der Waals surface area contributed by atoms with Gasteiger partial charge < -0.3 is 15.2 Å². The van der Waals surface area contributed by atoms with E-state index in [0.717, 1.165) is 11.1 Å². The molecule has 2 aromatic carbocycles. The number of methoxy groups -OCH3 is 1. The third-order valence-electron chi connectivity index (χ3n) is 4.44. The number of amides is 2. The highest BCUT2D eigenvalue weighted by Crippen LogP contribution is 2.27. The van der Waals surface area contributed by atoms with Crippen molar-refractivity contribution in [2.75, 3.05) is 7.11 Å². The Balaban J connectivity index is 1.75. The number of ether oxygens (including phenoxy) is 1. The fraction of sp³-hybridized carbons (Fsp3) is 0.130. The van der Waals surface area contributed by atoms with Crippen LogP contribution in [-0.2, 0) is 4.79 Å². The lowest BCUT2D eigenvalue weighted by atomic mass is 10.0. The lowest BCUT2D eigenvalue weighted by Gasteiger charge is -2.14. The number of nitrogens with one attached hydrogen (secondary N) is 2. The molecule has 1 heterocycles. The Labute approximate surface area is 179 Å². The summed E-state index contributed by atoms with van der Waals surface area (Å²) in [4.78, 5) is 28.8. The highest BCUT2D eigenvalue weighted by atomic mass is 16.5. The van der Waals surface area contributed by atoms with Crippen LogP contribution in [0.25, 0.3) is 0 Å². The van der Waals surface area contributed by atoms with Crippen molar-refractivity contribution < 1.29 is 19.4 Å². The average molecular weight is 418 g/mol. The van der Waals surface area contributed by atoms with Gasteiger partial charge in [0.2, 0.25) is 0 Å². The van der Waals surface area contributed by atoms with Crippen LogP contribution in [0.5, 0.6) is 11.5 Å². The van der Waals surface area contributed by atoms with Gasteiger partial charge in [-0.05, 0) is 6.92 Å². The second kappa shape index (κ2) is 10.0. The lowest BCUT2D eigenvalue weighted by molar-refractivity contribution is -0.122. The predicted molar refractivity (Wildman–Crippen MR) is 116 cm³/mol. The maximum atomic E-state index is 12.5. The number of rotatable bonds is 7. The smallest absolute Gasteiger partial charge is 0.274 e. The van der Waals surface area contributed by atoms with Crippen molar-refractivity contribution in [1.29, 1.82) is 0 Å². The van der Waals surface area contributed by atoms with Crippen molar-refractivity contribution >= 4 is 17.5 Å². The second-order valence-electron chi connectivity index (χ2n) is 6.57. The van der Waals surface area contributed by atoms with Crippen molar-refractivity contribution in [1.82, 2.24) is 15.7 Å². The Bertz CT molecular complexity index is 1040. The van der Waals surface area contributed by atoms with Gasteiger partial charge in [-0.1, -0.05) is 60.7 Å². The van der Waals surface area contributed by atoms with Crippen LogP contribution in [0.4, 0.5) is 0 Å². The molecule has 0 fully saturated rings. The molecular weight excluding hydrogens is 396 g/mol. The number of carbonyl (C=O) groups excluding carboxylic acids is 2. The van der Waals surface area contributed by atoms with Crippen LogP contribution in [0.2, 0.25) is 0 Å². The molecule has 0 saturated heterocycles. The first kappa shape index (κ1) is 21.5. The Morgan fingerprint density at radius 1 is 1.00 bits per heavy atom. The van der Waals surface area contributed by atoms with Crippen LogP contribution in [0.15, 0.2) is 78.0 Å². The van der Waals surface area contributed by atoms with Crippen molar-refractivity contribution in [2.45, 2.75) is 13.0 Å². The molecular formula is C23H22N4O4. The summed E-state index contributed by atoms with van der Waals surface area (Å²) in [5.41, 5.74) is 4.50. The van der Waals surface area contributed by atoms with E-state index in [9.17, 15) is 14.7 Å². The van der Waals surface area contributed by atoms with E-state index in [2.05, 4.69) is 20.8 Å². The summed E-state index contributed by atoms with van der Waals surface area (Å²) in [6.07, 6.45) is 1.33. The molecule has 2 amide bonds. The maximum Gasteiger partial charge on any atom is 0.274 e. The van der Waals surface area contributed by atoms with Crippen molar-refractivity contribution in [3.05, 3.63) is 89.7 Å². The molecule has 3 aromatic rings. The van der Waals surface area contributed by atoms with E-state index in [1.807, 2.05) is 60.7 Å². The molecule has 0 aliphatic heterocycles. The molecule has 158 valence electrons. The number of hydrazone groups is 1. The monoisotopic (exact) mass is 418 g/mol. The molecule has 1 aromatic heterocycles. The van der Waals surface area contributed by atoms with Crippen LogP contribution >= 0.6 is 0 Å². The summed E-state index contributed by atoms with van der Waals surface area (Å²) in [5.74, 6) is -1.53. The molecule has 0 radical (unpaired) electrons. The fourth-order valence-electron chi connectivity index (χ4n) is 2.79. The number of nitrogens with zero attached hydrogens (tertiary/aromatic N) is 2. The van der Waals surface area contributed by atoms with Crippen LogP contribution in [0, 0.1) is 0 Å². The van der Waals surface area contributed by atoms with Gasteiger partial charge in [0, 0.05) is 23.4 Å². The zero-order valence-electron chi connectivity index (χ0n) is 17.1. The van der Waals surface area contributed by atoms with E-state index in [-0.39, 0.29) is 11.4 Å². The molecule has 0 aliphatic rings. The van der Waals surface area contributed by atoms with Gasteiger partial charge in [-0.2, -0.15) is 5.10 Å². The molecule has 31 heavy (non-hydrogen) atoms. The first-order chi connectivity index (χ1) is 15.0. The zero-order valence-corrected chi connectivity index (χ0v) is 17.1. The quantitative estimate of drug-likeness (QED) is 0.403. The Kier molecular flexibility index (Phi) is 6.95. The van der Waals surface area contributed by atoms with Crippen molar-refractivity contribution in [2.24, 2.45) is 5.10 Å². The number of pyridine rings is 1. The topological polar surface area (TPSA) is 113 Å². The maximum absolute atomic E-state index is 12.5. The van der Waals surface area contributed by atoms with E-state index in [1.54, 1.807) is 0 Å². The van der Waals surface area contributed by atoms with E-state index in [1.165, 1.54) is 26.3 Å². The third kappa shape index (κ3) is 5.24. The minimum absolute atomic E-state index is 0.109. The Hall–Kier alpha value is -4.20. The summed E-state index contributed by atoms with van der Waals surface area (Å²) in [6.45, 7) is 1.50. The molecule has 8 heteroatoms. The van der Waals surface area contributed by atoms with Crippen LogP contribution in [0.3, 0.4) is 0 Å². The molecule has 8 nitrogen and oxygen atoms in total. The van der Waals surface area contributed by atoms with Crippen LogP contribution in [0.1, 0.15) is 28.5 Å². The van der Waals surface area contributed by atoms with E-state index < -0.39 is 23.6 Å². The van der Waals surface area contributed by atoms with Crippen molar-refractivity contribution in [3.63, 3.8) is 0 Å². The summed E-state index contributed by atoms with van der Waals surface area (Å²) in [5, 5.41) is 16.9. The minimum Gasteiger partial charge on any atom is -0.503 e. The molecule has 0 aliphatic carbocycles. The zero-order chi connectivity index (χ0) is 22.2. The number of hydrogen-bond donors (Lipinski definition) is 3. The first-order valence-electron chi connectivity index (χ1n) is 9.52. The van der Waals surface area contributed by atoms with Crippen LogP contribution in [-0.4, -0.2) is 40.8 Å². The molecule has 0 saturated carbocycles. The van der Waals surface area contributed by atoms with Gasteiger partial charge in [0.05, 0.1) is 12.8 Å². The number of hydrogen-bond acceptors (Lipinski definition) is 6. The summed E-state index contributed by atoms with van der Waals surface area (Å²) < 4.78 is 4.97. The lowest BCUT2D eigenvalue weighted by Crippen LogP contribution is -2.43. The number of aromatic hydroxyl groups is 1. The predicted octanol–water partition coefficient (Wildman–Crippen LogP) is 2.48. The molecule has 0 spiro atoms. The van der Waals surface area contributed by atoms with Gasteiger partial charge in [0.15, 0.2) is 17.2 Å². The molecule has 0 unspecified atom stereocenters. The van der Waals surface area contributed by atoms with Gasteiger partial charge in [-0.25, -0.2) is 10.4 Å². The van der Waals surface area contributed by atoms with Gasteiger partial charge in [0.25, 0.3) is 11.8 Å². The van der Waals surface area contributed by atoms with Gasteiger partial charge in [0.1, 0.15) is 6.04 Å². The Morgan fingerprint density at radius 2 is 1.58 bits per heavy atom. The fourth-order valence-corrected chi connectivity index (χ4v) is 2.79. The molecule has 3 rings (SSSR count). The summed E-state index contributed by atoms with van der Waals surface area (Å²) >= 11 is 0. The molecule has 1 atom stereocenters. The Morgan fingerprint density at radius 3 is 2.13 bits per heavy atom. The highest BCUT2D eigenvalue weighted by Gasteiger charge is 2.21. The second-order valence-corrected chi connectivity index (χ2v) is 6.57. The van der Waals surface area contributed by atoms with E-state index >= 15 is 0 Å². The molecule has 0 bridgehead atoms. The third-order valence-corrected chi connectivity index (χ3v) is 4.44. The highest BCUT2D eigenvalue weighted by molar-refractivity contribution is 6.13. The normalized spacial score (nSPS) is 11.2. The first-order valence-corrected chi connectivity index (χ1v) is 9.52. The van der Waals surface area contributed by atoms with E-state index in [4.69, 9.17) is 4.74 Å². The summed E-state index contributed by atoms with van der Waals surface area (Å²) in [6, 6.07) is 19.4. The van der Waals surface area contributed by atoms with Crippen molar-refractivity contribution in [3.8, 4) is 11.5 Å². The largest absolute Gasteiger partial charge is 0.503 e. The van der Waals surface area contributed by atoms with E-state index in [0.29, 0.717) is 5.71 Å². The minimum atomic E-state index is -0.934. The number of benzene rings is 2. The average Bonchev–Trinajstić information content (AvgIpc) is 2.80. The standard InChI is InChI=1S/C23H22N4O4/c1-15(25-23(30)20-21(28)18(31-2)13-14-24-20)22(29)27-26-19(16-9-5-3-6-10-16)17-11-7-4-8-12-17/h3-15,28H,1-2H3,(H,25,30)(H,27,29)/t15-/m0/s1. The van der Waals surface area contributed by atoms with Gasteiger partial charge >= 0.3 is 0 Å². The van der Waals surface area contributed by atoms with Gasteiger partial charge in [-0.15, -0.1) is 0 Å². The van der Waals surface area contributed by atoms with Gasteiger partial charge in [-0.3, -0.25) is 9.59 Å².